The fourth-order valence-electron chi connectivity index (χ4n) is 10.8. The Bertz CT molecular complexity index is 3770. The summed E-state index contributed by atoms with van der Waals surface area (Å²) in [6, 6.07) is 71.0. The minimum Gasteiger partial charge on any atom is -0.318 e. The normalized spacial score (nSPS) is 12.4. The zero-order valence-corrected chi connectivity index (χ0v) is 33.3. The van der Waals surface area contributed by atoms with Crippen LogP contribution in [0.4, 0.5) is 5.69 Å². The van der Waals surface area contributed by atoms with Gasteiger partial charge in [0.25, 0.3) is 0 Å². The monoisotopic (exact) mass is 787 g/mol. The fraction of sp³-hybridized carbons (Fsp3) is 0.0175. The lowest BCUT2D eigenvalue weighted by Crippen LogP contribution is -2.16. The average Bonchev–Trinajstić information content (AvgIpc) is 4.06. The first-order valence-corrected chi connectivity index (χ1v) is 20.9. The molecule has 0 saturated carbocycles. The van der Waals surface area contributed by atoms with Gasteiger partial charge in [0.15, 0.2) is 0 Å². The lowest BCUT2D eigenvalue weighted by molar-refractivity contribution is 0.955. The number of benzene rings is 9. The number of hydrogen-bond donors (Lipinski definition) is 0. The van der Waals surface area contributed by atoms with Crippen LogP contribution < -0.4 is 0 Å². The van der Waals surface area contributed by atoms with Gasteiger partial charge in [0, 0.05) is 43.8 Å². The van der Waals surface area contributed by atoms with Crippen molar-refractivity contribution in [2.24, 2.45) is 0 Å². The Labute approximate surface area is 356 Å². The van der Waals surface area contributed by atoms with Crippen LogP contribution in [0, 0.1) is 17.9 Å². The molecule has 5 nitrogen and oxygen atoms in total. The van der Waals surface area contributed by atoms with E-state index in [2.05, 4.69) is 207 Å². The van der Waals surface area contributed by atoms with Gasteiger partial charge in [-0.25, -0.2) is 4.85 Å². The van der Waals surface area contributed by atoms with Crippen LogP contribution in [0.1, 0.15) is 28.2 Å². The van der Waals surface area contributed by atoms with Crippen molar-refractivity contribution >= 4 is 71.1 Å². The molecule has 3 aromatic heterocycles. The summed E-state index contributed by atoms with van der Waals surface area (Å²) in [7, 11) is 0. The van der Waals surface area contributed by atoms with Gasteiger partial charge in [-0.2, -0.15) is 5.26 Å². The second-order valence-corrected chi connectivity index (χ2v) is 16.1. The molecule has 0 saturated heterocycles. The lowest BCUT2D eigenvalue weighted by atomic mass is 9.83. The molecule has 0 spiro atoms. The first-order chi connectivity index (χ1) is 30.8. The number of fused-ring (bicyclic) bond motifs is 12. The predicted molar refractivity (Wildman–Crippen MR) is 253 cm³/mol. The Morgan fingerprint density at radius 3 is 1.05 bits per heavy atom. The highest BCUT2D eigenvalue weighted by Gasteiger charge is 2.39. The zero-order valence-electron chi connectivity index (χ0n) is 33.3. The van der Waals surface area contributed by atoms with E-state index in [4.69, 9.17) is 0 Å². The summed E-state index contributed by atoms with van der Waals surface area (Å²) < 4.78 is 6.86. The summed E-state index contributed by atoms with van der Waals surface area (Å²) >= 11 is 0. The second-order valence-electron chi connectivity index (χ2n) is 16.1. The molecule has 0 atom stereocenters. The minimum atomic E-state index is -0.356. The SMILES string of the molecule is [C-]#[N+]c1c(-n2c3ccccc3c3ccccc32)c(C#N)c(C2c3ccccc3-c3ccccc32)c(-n2c3ccccc3c3ccccc32)c1-n1c2ccccc2c2ccccc21. The Kier molecular flexibility index (Phi) is 7.14. The molecule has 9 aromatic carbocycles. The van der Waals surface area contributed by atoms with Gasteiger partial charge < -0.3 is 13.7 Å². The topological polar surface area (TPSA) is 42.9 Å². The van der Waals surface area contributed by atoms with Crippen molar-refractivity contribution in [3.8, 4) is 34.3 Å². The van der Waals surface area contributed by atoms with E-state index in [9.17, 15) is 11.8 Å². The molecule has 0 amide bonds. The largest absolute Gasteiger partial charge is 0.318 e. The Balaban J connectivity index is 1.37. The van der Waals surface area contributed by atoms with Crippen molar-refractivity contribution in [1.29, 1.82) is 5.26 Å². The van der Waals surface area contributed by atoms with Gasteiger partial charge in [0.1, 0.15) is 6.07 Å². The molecular formula is C57H33N5. The number of hydrogen-bond acceptors (Lipinski definition) is 1. The summed E-state index contributed by atoms with van der Waals surface area (Å²) in [5.41, 5.74) is 14.3. The van der Waals surface area contributed by atoms with Gasteiger partial charge in [0.05, 0.1) is 62.3 Å². The first-order valence-electron chi connectivity index (χ1n) is 20.9. The molecule has 13 rings (SSSR count). The third-order valence-corrected chi connectivity index (χ3v) is 13.2. The lowest BCUT2D eigenvalue weighted by Gasteiger charge is -2.29. The molecule has 286 valence electrons. The third-order valence-electron chi connectivity index (χ3n) is 13.2. The van der Waals surface area contributed by atoms with E-state index in [0.717, 1.165) is 105 Å². The standard InChI is InChI=1S/C57H33N5/c1-59-54-55(60-46-28-12-6-20-37(46)38-21-7-13-29-47(38)60)45(34-58)53(52-43-26-4-2-18-35(43)36-19-3-5-27-44(36)52)56(61-48-30-14-8-22-39(48)40-23-9-15-31-49(40)61)57(54)62-50-32-16-10-24-41(50)42-25-11-17-33-51(42)62/h2-33,52H. The van der Waals surface area contributed by atoms with Crippen LogP contribution in [0.15, 0.2) is 194 Å². The summed E-state index contributed by atoms with van der Waals surface area (Å²) in [4.78, 5) is 4.65. The molecule has 0 unspecified atom stereocenters. The van der Waals surface area contributed by atoms with Gasteiger partial charge in [-0.15, -0.1) is 0 Å². The quantitative estimate of drug-likeness (QED) is 0.164. The van der Waals surface area contributed by atoms with Crippen LogP contribution in [0.2, 0.25) is 0 Å². The molecule has 0 aliphatic heterocycles. The van der Waals surface area contributed by atoms with E-state index >= 15 is 0 Å². The summed E-state index contributed by atoms with van der Waals surface area (Å²) in [5.74, 6) is -0.356. The van der Waals surface area contributed by atoms with Crippen molar-refractivity contribution in [1.82, 2.24) is 13.7 Å². The third kappa shape index (κ3) is 4.44. The number of nitrogens with zero attached hydrogens (tertiary/aromatic N) is 5. The van der Waals surface area contributed by atoms with Crippen LogP contribution >= 0.6 is 0 Å². The maximum Gasteiger partial charge on any atom is 0.237 e. The second kappa shape index (κ2) is 12.9. The van der Waals surface area contributed by atoms with Crippen LogP contribution in [0.5, 0.6) is 0 Å². The summed E-state index contributed by atoms with van der Waals surface area (Å²) in [5, 5.41) is 18.7. The van der Waals surface area contributed by atoms with Gasteiger partial charge in [-0.3, -0.25) is 0 Å². The molecular weight excluding hydrogens is 755 g/mol. The molecule has 0 N–H and O–H groups in total. The average molecular weight is 788 g/mol. The molecule has 0 bridgehead atoms. The molecule has 0 fully saturated rings. The number of para-hydroxylation sites is 6. The van der Waals surface area contributed by atoms with E-state index in [1.165, 1.54) is 0 Å². The number of rotatable bonds is 4. The Morgan fingerprint density at radius 2 is 0.694 bits per heavy atom. The molecule has 62 heavy (non-hydrogen) atoms. The van der Waals surface area contributed by atoms with Crippen molar-refractivity contribution in [2.75, 3.05) is 0 Å². The molecule has 5 heteroatoms. The molecule has 1 aliphatic rings. The van der Waals surface area contributed by atoms with E-state index in [1.54, 1.807) is 0 Å². The smallest absolute Gasteiger partial charge is 0.237 e. The van der Waals surface area contributed by atoms with Crippen molar-refractivity contribution in [2.45, 2.75) is 5.92 Å². The first kappa shape index (κ1) is 34.2. The Morgan fingerprint density at radius 1 is 0.387 bits per heavy atom. The number of aromatic nitrogens is 3. The van der Waals surface area contributed by atoms with Gasteiger partial charge >= 0.3 is 0 Å². The number of nitriles is 1. The van der Waals surface area contributed by atoms with Crippen molar-refractivity contribution in [3.05, 3.63) is 228 Å². The predicted octanol–water partition coefficient (Wildman–Crippen LogP) is 14.6. The molecule has 12 aromatic rings. The Hall–Kier alpha value is -8.64. The highest BCUT2D eigenvalue weighted by molar-refractivity contribution is 6.15. The van der Waals surface area contributed by atoms with E-state index < -0.39 is 0 Å². The van der Waals surface area contributed by atoms with E-state index in [0.29, 0.717) is 16.9 Å². The van der Waals surface area contributed by atoms with Crippen LogP contribution in [0.3, 0.4) is 0 Å². The summed E-state index contributed by atoms with van der Waals surface area (Å²) in [6.45, 7) is 9.48. The van der Waals surface area contributed by atoms with Crippen molar-refractivity contribution in [3.63, 3.8) is 0 Å². The maximum absolute atomic E-state index is 12.1. The van der Waals surface area contributed by atoms with Gasteiger partial charge in [-0.1, -0.05) is 158 Å². The highest BCUT2D eigenvalue weighted by atomic mass is 15.1. The molecule has 3 heterocycles. The van der Waals surface area contributed by atoms with Gasteiger partial charge in [0.2, 0.25) is 5.69 Å². The van der Waals surface area contributed by atoms with Crippen LogP contribution in [-0.2, 0) is 0 Å². The minimum absolute atomic E-state index is 0.356. The summed E-state index contributed by atoms with van der Waals surface area (Å²) in [6.07, 6.45) is 0. The molecule has 0 radical (unpaired) electrons. The van der Waals surface area contributed by atoms with Crippen molar-refractivity contribution < 1.29 is 0 Å². The highest BCUT2D eigenvalue weighted by Crippen LogP contribution is 2.56. The maximum atomic E-state index is 12.1. The molecule has 1 aliphatic carbocycles. The fourth-order valence-corrected chi connectivity index (χ4v) is 10.8. The van der Waals surface area contributed by atoms with E-state index in [-0.39, 0.29) is 5.92 Å². The van der Waals surface area contributed by atoms with E-state index in [1.807, 2.05) is 12.1 Å². The zero-order chi connectivity index (χ0) is 41.1. The van der Waals surface area contributed by atoms with Crippen LogP contribution in [0.25, 0.3) is 98.5 Å². The van der Waals surface area contributed by atoms with Crippen LogP contribution in [-0.4, -0.2) is 13.7 Å². The van der Waals surface area contributed by atoms with Gasteiger partial charge in [-0.05, 0) is 58.7 Å².